The van der Waals surface area contributed by atoms with E-state index in [1.807, 2.05) is 6.07 Å². The van der Waals surface area contributed by atoms with Crippen molar-refractivity contribution in [2.24, 2.45) is 5.41 Å². The van der Waals surface area contributed by atoms with Gasteiger partial charge in [-0.1, -0.05) is 0 Å². The van der Waals surface area contributed by atoms with Gasteiger partial charge in [-0.2, -0.15) is 22.3 Å². The third-order valence-corrected chi connectivity index (χ3v) is 6.83. The van der Waals surface area contributed by atoms with E-state index in [9.17, 15) is 8.42 Å². The first-order chi connectivity index (χ1) is 11.0. The van der Waals surface area contributed by atoms with Crippen LogP contribution in [0.3, 0.4) is 0 Å². The summed E-state index contributed by atoms with van der Waals surface area (Å²) in [4.78, 5) is 0. The summed E-state index contributed by atoms with van der Waals surface area (Å²) in [7, 11) is -2.00. The number of ether oxygens (including phenoxy) is 2. The van der Waals surface area contributed by atoms with Crippen molar-refractivity contribution in [3.63, 3.8) is 0 Å². The third-order valence-electron chi connectivity index (χ3n) is 4.85. The van der Waals surface area contributed by atoms with Gasteiger partial charge in [-0.15, -0.1) is 0 Å². The van der Waals surface area contributed by atoms with Crippen molar-refractivity contribution >= 4 is 10.2 Å². The maximum absolute atomic E-state index is 13.0. The number of hydrogen-bond donors (Lipinski definition) is 0. The van der Waals surface area contributed by atoms with Crippen LogP contribution < -0.4 is 0 Å². The Balaban J connectivity index is 2.10. The average Bonchev–Trinajstić information content (AvgIpc) is 2.55. The van der Waals surface area contributed by atoms with Crippen LogP contribution in [-0.4, -0.2) is 70.1 Å². The first-order valence-electron chi connectivity index (χ1n) is 8.23. The zero-order chi connectivity index (χ0) is 16.8. The molecule has 0 N–H and O–H groups in total. The molecule has 0 saturated carbocycles. The maximum atomic E-state index is 13.0. The molecule has 0 unspecified atom stereocenters. The van der Waals surface area contributed by atoms with E-state index in [1.165, 1.54) is 4.31 Å². The number of hydrogen-bond acceptors (Lipinski definition) is 5. The van der Waals surface area contributed by atoms with Crippen molar-refractivity contribution in [1.29, 1.82) is 5.26 Å². The van der Waals surface area contributed by atoms with Gasteiger partial charge < -0.3 is 9.47 Å². The van der Waals surface area contributed by atoms with Gasteiger partial charge in [-0.05, 0) is 31.1 Å². The molecule has 0 aromatic carbocycles. The Kier molecular flexibility index (Phi) is 6.80. The van der Waals surface area contributed by atoms with Crippen molar-refractivity contribution < 1.29 is 17.9 Å². The molecule has 132 valence electrons. The van der Waals surface area contributed by atoms with Crippen LogP contribution in [0.15, 0.2) is 0 Å². The Hall–Kier alpha value is -0.720. The molecule has 23 heavy (non-hydrogen) atoms. The second-order valence-electron chi connectivity index (χ2n) is 6.36. The van der Waals surface area contributed by atoms with Gasteiger partial charge in [0.1, 0.15) is 0 Å². The van der Waals surface area contributed by atoms with E-state index < -0.39 is 10.2 Å². The molecule has 2 saturated heterocycles. The minimum absolute atomic E-state index is 0.0612. The molecule has 2 rings (SSSR count). The smallest absolute Gasteiger partial charge is 0.282 e. The lowest BCUT2D eigenvalue weighted by Crippen LogP contribution is -2.53. The fourth-order valence-electron chi connectivity index (χ4n) is 3.45. The van der Waals surface area contributed by atoms with Crippen LogP contribution in [0.1, 0.15) is 32.1 Å². The standard InChI is InChI=1S/C15H27N3O4S/c1-21-13-10-17(9-3-7-16)23(19,20)18-8-2-4-15(14-18)5-11-22-12-6-15/h2-6,8-14H2,1H3. The number of piperidine rings is 1. The second-order valence-corrected chi connectivity index (χ2v) is 8.29. The lowest BCUT2D eigenvalue weighted by atomic mass is 9.74. The molecule has 0 bridgehead atoms. The molecule has 8 heteroatoms. The largest absolute Gasteiger partial charge is 0.383 e. The SMILES string of the molecule is COCCN(CCC#N)S(=O)(=O)N1CCCC2(CCOCC2)C1. The van der Waals surface area contributed by atoms with Crippen LogP contribution in [0, 0.1) is 16.7 Å². The fraction of sp³-hybridized carbons (Fsp3) is 0.933. The predicted molar refractivity (Wildman–Crippen MR) is 85.9 cm³/mol. The topological polar surface area (TPSA) is 82.9 Å². The Bertz CT molecular complexity index is 506. The molecule has 2 aliphatic rings. The highest BCUT2D eigenvalue weighted by Crippen LogP contribution is 2.40. The van der Waals surface area contributed by atoms with Crippen molar-refractivity contribution in [2.75, 3.05) is 53.1 Å². The summed E-state index contributed by atoms with van der Waals surface area (Å²) in [6.07, 6.45) is 3.99. The zero-order valence-corrected chi connectivity index (χ0v) is 14.7. The van der Waals surface area contributed by atoms with Gasteiger partial charge in [0.25, 0.3) is 10.2 Å². The van der Waals surface area contributed by atoms with Crippen molar-refractivity contribution in [3.8, 4) is 6.07 Å². The first-order valence-corrected chi connectivity index (χ1v) is 9.63. The minimum Gasteiger partial charge on any atom is -0.383 e. The summed E-state index contributed by atoms with van der Waals surface area (Å²) in [5.41, 5.74) is 0.0612. The molecule has 7 nitrogen and oxygen atoms in total. The number of methoxy groups -OCH3 is 1. The van der Waals surface area contributed by atoms with Crippen molar-refractivity contribution in [3.05, 3.63) is 0 Å². The molecule has 2 fully saturated rings. The molecule has 0 radical (unpaired) electrons. The van der Waals surface area contributed by atoms with Gasteiger partial charge >= 0.3 is 0 Å². The molecule has 0 aliphatic carbocycles. The maximum Gasteiger partial charge on any atom is 0.282 e. The lowest BCUT2D eigenvalue weighted by molar-refractivity contribution is -0.0126. The summed E-state index contributed by atoms with van der Waals surface area (Å²) in [6, 6.07) is 2.02. The van der Waals surface area contributed by atoms with Gasteiger partial charge in [0.2, 0.25) is 0 Å². The van der Waals surface area contributed by atoms with E-state index >= 15 is 0 Å². The highest BCUT2D eigenvalue weighted by molar-refractivity contribution is 7.86. The molecule has 0 aromatic heterocycles. The van der Waals surface area contributed by atoms with E-state index in [2.05, 4.69) is 0 Å². The average molecular weight is 345 g/mol. The van der Waals surface area contributed by atoms with Gasteiger partial charge in [-0.3, -0.25) is 0 Å². The van der Waals surface area contributed by atoms with Gasteiger partial charge in [-0.25, -0.2) is 0 Å². The summed E-state index contributed by atoms with van der Waals surface area (Å²) in [5.74, 6) is 0. The van der Waals surface area contributed by atoms with E-state index in [4.69, 9.17) is 14.7 Å². The molecular formula is C15H27N3O4S. The Morgan fingerprint density at radius 2 is 2.04 bits per heavy atom. The van der Waals surface area contributed by atoms with Gasteiger partial charge in [0, 0.05) is 52.9 Å². The van der Waals surface area contributed by atoms with Crippen LogP contribution in [0.4, 0.5) is 0 Å². The highest BCUT2D eigenvalue weighted by Gasteiger charge is 2.42. The Morgan fingerprint density at radius 3 is 2.70 bits per heavy atom. The second kappa shape index (κ2) is 8.40. The van der Waals surface area contributed by atoms with Crippen molar-refractivity contribution in [1.82, 2.24) is 8.61 Å². The normalized spacial score (nSPS) is 22.3. The summed E-state index contributed by atoms with van der Waals surface area (Å²) >= 11 is 0. The highest BCUT2D eigenvalue weighted by atomic mass is 32.2. The number of rotatable bonds is 7. The van der Waals surface area contributed by atoms with Crippen molar-refractivity contribution in [2.45, 2.75) is 32.1 Å². The minimum atomic E-state index is -3.55. The first kappa shape index (κ1) is 18.6. The van der Waals surface area contributed by atoms with Crippen LogP contribution in [-0.2, 0) is 19.7 Å². The lowest BCUT2D eigenvalue weighted by Gasteiger charge is -2.45. The molecule has 0 amide bonds. The Labute approximate surface area is 139 Å². The summed E-state index contributed by atoms with van der Waals surface area (Å²) < 4.78 is 39.4. The predicted octanol–water partition coefficient (Wildman–Crippen LogP) is 0.986. The van der Waals surface area contributed by atoms with E-state index in [1.54, 1.807) is 11.4 Å². The Morgan fingerprint density at radius 1 is 1.30 bits per heavy atom. The number of nitrogens with zero attached hydrogens (tertiary/aromatic N) is 3. The van der Waals surface area contributed by atoms with Crippen LogP contribution in [0.25, 0.3) is 0 Å². The fourth-order valence-corrected chi connectivity index (χ4v) is 5.20. The van der Waals surface area contributed by atoms with Gasteiger partial charge in [0.15, 0.2) is 0 Å². The molecule has 1 spiro atoms. The van der Waals surface area contributed by atoms with E-state index in [0.29, 0.717) is 19.7 Å². The molecular weight excluding hydrogens is 318 g/mol. The zero-order valence-electron chi connectivity index (χ0n) is 13.9. The summed E-state index contributed by atoms with van der Waals surface area (Å²) in [6.45, 7) is 3.39. The van der Waals surface area contributed by atoms with Crippen LogP contribution >= 0.6 is 0 Å². The molecule has 2 aliphatic heterocycles. The monoisotopic (exact) mass is 345 g/mol. The molecule has 2 heterocycles. The number of nitriles is 1. The van der Waals surface area contributed by atoms with Crippen LogP contribution in [0.2, 0.25) is 0 Å². The molecule has 0 atom stereocenters. The van der Waals surface area contributed by atoms with Gasteiger partial charge in [0.05, 0.1) is 12.7 Å². The van der Waals surface area contributed by atoms with Crippen LogP contribution in [0.5, 0.6) is 0 Å². The quantitative estimate of drug-likeness (QED) is 0.687. The summed E-state index contributed by atoms with van der Waals surface area (Å²) in [5, 5.41) is 8.79. The van der Waals surface area contributed by atoms with E-state index in [0.717, 1.165) is 38.9 Å². The third kappa shape index (κ3) is 4.64. The van der Waals surface area contributed by atoms with E-state index in [-0.39, 0.29) is 24.9 Å². The molecule has 0 aromatic rings.